The molecule has 0 N–H and O–H groups in total. The van der Waals surface area contributed by atoms with Crippen LogP contribution in [-0.4, -0.2) is 34.6 Å². The van der Waals surface area contributed by atoms with Crippen LogP contribution in [0.1, 0.15) is 43.2 Å². The third-order valence-electron chi connectivity index (χ3n) is 5.39. The molecule has 1 aliphatic heterocycles. The van der Waals surface area contributed by atoms with E-state index in [1.54, 1.807) is 23.2 Å². The number of esters is 1. The van der Waals surface area contributed by atoms with E-state index in [1.165, 1.54) is 0 Å². The van der Waals surface area contributed by atoms with E-state index in [9.17, 15) is 9.59 Å². The molecular formula is C22H25N3O3S. The van der Waals surface area contributed by atoms with Crippen LogP contribution in [0.15, 0.2) is 35.7 Å². The topological polar surface area (TPSA) is 64.4 Å². The summed E-state index contributed by atoms with van der Waals surface area (Å²) in [7, 11) is 0. The Bertz CT molecular complexity index is 1050. The van der Waals surface area contributed by atoms with Crippen molar-refractivity contribution in [3.63, 3.8) is 0 Å². The highest BCUT2D eigenvalue weighted by molar-refractivity contribution is 7.10. The van der Waals surface area contributed by atoms with E-state index in [1.807, 2.05) is 42.6 Å². The minimum atomic E-state index is -0.922. The highest BCUT2D eigenvalue weighted by Crippen LogP contribution is 2.43. The number of fused-ring (bicyclic) bond motifs is 3. The standard InChI is InChI=1S/C22H25N3O3S/c1-4-6-12-24-20(26)17(21(27)28-5-2)18(19-14(3)11-13-29-19)25-16-10-8-7-9-15(16)23-22(24)25/h7-11,13,17-18H,4-6,12H2,1-3H3/t17-,18-/m0/s1. The molecule has 0 saturated heterocycles. The van der Waals surface area contributed by atoms with Crippen LogP contribution in [0.3, 0.4) is 0 Å². The average Bonchev–Trinajstić information content (AvgIpc) is 3.30. The fourth-order valence-corrected chi connectivity index (χ4v) is 5.04. The quantitative estimate of drug-likeness (QED) is 0.448. The fourth-order valence-electron chi connectivity index (χ4n) is 3.99. The number of anilines is 1. The molecular weight excluding hydrogens is 386 g/mol. The molecule has 0 saturated carbocycles. The highest BCUT2D eigenvalue weighted by atomic mass is 32.1. The van der Waals surface area contributed by atoms with Crippen molar-refractivity contribution in [2.24, 2.45) is 5.92 Å². The van der Waals surface area contributed by atoms with Crippen LogP contribution in [0.2, 0.25) is 0 Å². The Balaban J connectivity index is 1.98. The Morgan fingerprint density at radius 3 is 2.72 bits per heavy atom. The van der Waals surface area contributed by atoms with Gasteiger partial charge in [-0.05, 0) is 49.4 Å². The van der Waals surface area contributed by atoms with E-state index in [0.717, 1.165) is 34.3 Å². The number of para-hydroxylation sites is 2. The van der Waals surface area contributed by atoms with Crippen LogP contribution in [0.25, 0.3) is 11.0 Å². The number of carbonyl (C=O) groups excluding carboxylic acids is 2. The zero-order chi connectivity index (χ0) is 20.5. The number of amides is 1. The number of imidazole rings is 1. The SMILES string of the molecule is CCCCN1C(=O)[C@@H](C(=O)OCC)[C@@H](c2sccc2C)n2c1nc1ccccc12. The summed E-state index contributed by atoms with van der Waals surface area (Å²) in [4.78, 5) is 34.0. The van der Waals surface area contributed by atoms with Crippen LogP contribution < -0.4 is 4.90 Å². The summed E-state index contributed by atoms with van der Waals surface area (Å²) in [6.07, 6.45) is 1.79. The van der Waals surface area contributed by atoms with Crippen molar-refractivity contribution in [2.75, 3.05) is 18.1 Å². The van der Waals surface area contributed by atoms with Crippen LogP contribution in [0.5, 0.6) is 0 Å². The molecule has 152 valence electrons. The van der Waals surface area contributed by atoms with Crippen LogP contribution >= 0.6 is 11.3 Å². The second-order valence-electron chi connectivity index (χ2n) is 7.26. The number of benzene rings is 1. The molecule has 1 aliphatic rings. The summed E-state index contributed by atoms with van der Waals surface area (Å²) in [5.41, 5.74) is 2.80. The molecule has 3 aromatic rings. The largest absolute Gasteiger partial charge is 0.465 e. The van der Waals surface area contributed by atoms with Crippen LogP contribution in [0, 0.1) is 12.8 Å². The van der Waals surface area contributed by atoms with Gasteiger partial charge in [0.05, 0.1) is 23.7 Å². The molecule has 0 aliphatic carbocycles. The summed E-state index contributed by atoms with van der Waals surface area (Å²) >= 11 is 1.56. The molecule has 2 aromatic heterocycles. The third-order valence-corrected chi connectivity index (χ3v) is 6.48. The van der Waals surface area contributed by atoms with Crippen molar-refractivity contribution in [1.82, 2.24) is 9.55 Å². The van der Waals surface area contributed by atoms with E-state index < -0.39 is 17.9 Å². The zero-order valence-corrected chi connectivity index (χ0v) is 17.7. The Morgan fingerprint density at radius 2 is 2.03 bits per heavy atom. The van der Waals surface area contributed by atoms with Crippen LogP contribution in [0.4, 0.5) is 5.95 Å². The number of unbranched alkanes of at least 4 members (excludes halogenated alkanes) is 1. The van der Waals surface area contributed by atoms with Gasteiger partial charge in [-0.2, -0.15) is 0 Å². The molecule has 7 heteroatoms. The van der Waals surface area contributed by atoms with E-state index in [2.05, 4.69) is 11.5 Å². The van der Waals surface area contributed by atoms with Gasteiger partial charge in [-0.15, -0.1) is 11.3 Å². The molecule has 1 amide bonds. The maximum atomic E-state index is 13.6. The first-order chi connectivity index (χ1) is 14.1. The van der Waals surface area contributed by atoms with Crippen molar-refractivity contribution in [3.05, 3.63) is 46.2 Å². The van der Waals surface area contributed by atoms with Gasteiger partial charge < -0.3 is 4.74 Å². The monoisotopic (exact) mass is 411 g/mol. The Hall–Kier alpha value is -2.67. The molecule has 2 atom stereocenters. The summed E-state index contributed by atoms with van der Waals surface area (Å²) in [5, 5.41) is 2.00. The number of hydrogen-bond donors (Lipinski definition) is 0. The van der Waals surface area contributed by atoms with E-state index in [-0.39, 0.29) is 12.5 Å². The molecule has 0 spiro atoms. The van der Waals surface area contributed by atoms with Gasteiger partial charge in [0.1, 0.15) is 0 Å². The maximum absolute atomic E-state index is 13.6. The lowest BCUT2D eigenvalue weighted by Gasteiger charge is -2.37. The second kappa shape index (κ2) is 7.99. The van der Waals surface area contributed by atoms with Gasteiger partial charge in [0, 0.05) is 11.4 Å². The molecule has 29 heavy (non-hydrogen) atoms. The molecule has 0 fully saturated rings. The van der Waals surface area contributed by atoms with Crippen molar-refractivity contribution >= 4 is 40.2 Å². The number of thiophene rings is 1. The van der Waals surface area contributed by atoms with Crippen molar-refractivity contribution < 1.29 is 14.3 Å². The zero-order valence-electron chi connectivity index (χ0n) is 16.9. The van der Waals surface area contributed by atoms with E-state index in [0.29, 0.717) is 12.5 Å². The molecule has 0 radical (unpaired) electrons. The smallest absolute Gasteiger partial charge is 0.321 e. The van der Waals surface area contributed by atoms with Gasteiger partial charge in [-0.3, -0.25) is 19.1 Å². The van der Waals surface area contributed by atoms with Crippen molar-refractivity contribution in [2.45, 2.75) is 39.7 Å². The molecule has 6 nitrogen and oxygen atoms in total. The average molecular weight is 412 g/mol. The van der Waals surface area contributed by atoms with Gasteiger partial charge in [-0.1, -0.05) is 25.5 Å². The lowest BCUT2D eigenvalue weighted by Crippen LogP contribution is -2.50. The maximum Gasteiger partial charge on any atom is 0.321 e. The number of carbonyl (C=O) groups is 2. The first kappa shape index (κ1) is 19.6. The molecule has 0 unspecified atom stereocenters. The molecule has 0 bridgehead atoms. The number of aromatic nitrogens is 2. The minimum Gasteiger partial charge on any atom is -0.465 e. The first-order valence-corrected chi connectivity index (χ1v) is 10.9. The lowest BCUT2D eigenvalue weighted by atomic mass is 9.92. The summed E-state index contributed by atoms with van der Waals surface area (Å²) < 4.78 is 7.42. The minimum absolute atomic E-state index is 0.225. The van der Waals surface area contributed by atoms with Gasteiger partial charge in [0.2, 0.25) is 11.9 Å². The third kappa shape index (κ3) is 3.23. The fraction of sp³-hybridized carbons (Fsp3) is 0.409. The summed E-state index contributed by atoms with van der Waals surface area (Å²) in [6, 6.07) is 9.41. The second-order valence-corrected chi connectivity index (χ2v) is 8.20. The number of rotatable bonds is 6. The van der Waals surface area contributed by atoms with E-state index in [4.69, 9.17) is 9.72 Å². The number of hydrogen-bond acceptors (Lipinski definition) is 5. The van der Waals surface area contributed by atoms with Crippen molar-refractivity contribution in [3.8, 4) is 0 Å². The molecule has 3 heterocycles. The summed E-state index contributed by atoms with van der Waals surface area (Å²) in [5.74, 6) is -1.00. The number of aryl methyl sites for hydroxylation is 1. The van der Waals surface area contributed by atoms with Crippen LogP contribution in [-0.2, 0) is 14.3 Å². The molecule has 4 rings (SSSR count). The Labute approximate surface area is 174 Å². The van der Waals surface area contributed by atoms with Crippen molar-refractivity contribution in [1.29, 1.82) is 0 Å². The van der Waals surface area contributed by atoms with Gasteiger partial charge in [0.25, 0.3) is 0 Å². The number of nitrogens with zero attached hydrogens (tertiary/aromatic N) is 3. The Morgan fingerprint density at radius 1 is 1.24 bits per heavy atom. The van der Waals surface area contributed by atoms with E-state index >= 15 is 0 Å². The van der Waals surface area contributed by atoms with Gasteiger partial charge in [0.15, 0.2) is 5.92 Å². The normalized spacial score (nSPS) is 18.9. The first-order valence-electron chi connectivity index (χ1n) is 10.1. The predicted molar refractivity (Wildman–Crippen MR) is 114 cm³/mol. The lowest BCUT2D eigenvalue weighted by molar-refractivity contribution is -0.153. The number of ether oxygens (including phenoxy) is 1. The predicted octanol–water partition coefficient (Wildman–Crippen LogP) is 4.32. The Kier molecular flexibility index (Phi) is 5.41. The summed E-state index contributed by atoms with van der Waals surface area (Å²) in [6.45, 7) is 6.64. The highest BCUT2D eigenvalue weighted by Gasteiger charge is 2.48. The van der Waals surface area contributed by atoms with Gasteiger partial charge in [-0.25, -0.2) is 4.98 Å². The van der Waals surface area contributed by atoms with Gasteiger partial charge >= 0.3 is 5.97 Å². The molecule has 1 aromatic carbocycles.